The van der Waals surface area contributed by atoms with E-state index in [0.717, 1.165) is 0 Å². The van der Waals surface area contributed by atoms with Crippen LogP contribution in [0.4, 0.5) is 0 Å². The first-order valence-corrected chi connectivity index (χ1v) is 8.94. The minimum Gasteiger partial charge on any atom is -0.408 e. The summed E-state index contributed by atoms with van der Waals surface area (Å²) in [6.07, 6.45) is 0. The molecule has 0 saturated carbocycles. The minimum absolute atomic E-state index is 0.157. The van der Waals surface area contributed by atoms with Crippen LogP contribution < -0.4 is 11.1 Å². The number of fused-ring (bicyclic) bond motifs is 1. The molecule has 146 valence electrons. The number of para-hydroxylation sites is 2. The van der Waals surface area contributed by atoms with E-state index in [9.17, 15) is 14.4 Å². The SMILES string of the molecule is CNC(=O)C1CN(C(=O)Cn2c(=O)oc3ccccc32)CC1c1n[nH]c(C)n1. The molecule has 1 fully saturated rings. The molecule has 28 heavy (non-hydrogen) atoms. The number of likely N-dealkylation sites (tertiary alicyclic amines) is 1. The smallest absolute Gasteiger partial charge is 0.408 e. The molecule has 2 unspecified atom stereocenters. The van der Waals surface area contributed by atoms with E-state index in [1.807, 2.05) is 0 Å². The largest absolute Gasteiger partial charge is 0.420 e. The summed E-state index contributed by atoms with van der Waals surface area (Å²) >= 11 is 0. The maximum atomic E-state index is 12.9. The van der Waals surface area contributed by atoms with Gasteiger partial charge >= 0.3 is 5.76 Å². The van der Waals surface area contributed by atoms with E-state index in [-0.39, 0.29) is 30.8 Å². The van der Waals surface area contributed by atoms with E-state index in [1.165, 1.54) is 4.57 Å². The molecule has 1 aliphatic rings. The number of oxazole rings is 1. The first-order chi connectivity index (χ1) is 13.5. The van der Waals surface area contributed by atoms with E-state index >= 15 is 0 Å². The fourth-order valence-electron chi connectivity index (χ4n) is 3.64. The maximum absolute atomic E-state index is 12.9. The highest BCUT2D eigenvalue weighted by Crippen LogP contribution is 2.31. The van der Waals surface area contributed by atoms with Gasteiger partial charge in [0.1, 0.15) is 12.4 Å². The monoisotopic (exact) mass is 384 g/mol. The zero-order valence-electron chi connectivity index (χ0n) is 15.5. The summed E-state index contributed by atoms with van der Waals surface area (Å²) in [4.78, 5) is 43.3. The van der Waals surface area contributed by atoms with E-state index < -0.39 is 11.7 Å². The number of aryl methyl sites for hydroxylation is 1. The number of carbonyl (C=O) groups is 2. The van der Waals surface area contributed by atoms with Crippen molar-refractivity contribution in [3.05, 3.63) is 46.5 Å². The topological polar surface area (TPSA) is 126 Å². The molecular weight excluding hydrogens is 364 g/mol. The highest BCUT2D eigenvalue weighted by molar-refractivity contribution is 5.84. The Balaban J connectivity index is 1.58. The van der Waals surface area contributed by atoms with Gasteiger partial charge in [-0.05, 0) is 19.1 Å². The number of nitrogens with one attached hydrogen (secondary N) is 2. The highest BCUT2D eigenvalue weighted by atomic mass is 16.4. The first-order valence-electron chi connectivity index (χ1n) is 8.94. The Morgan fingerprint density at radius 3 is 2.82 bits per heavy atom. The van der Waals surface area contributed by atoms with Crippen molar-refractivity contribution in [3.63, 3.8) is 0 Å². The van der Waals surface area contributed by atoms with Crippen molar-refractivity contribution in [1.29, 1.82) is 0 Å². The summed E-state index contributed by atoms with van der Waals surface area (Å²) < 4.78 is 6.48. The Labute approximate surface area is 159 Å². The lowest BCUT2D eigenvalue weighted by atomic mass is 9.94. The van der Waals surface area contributed by atoms with E-state index in [4.69, 9.17) is 4.42 Å². The number of hydrogen-bond acceptors (Lipinski definition) is 6. The van der Waals surface area contributed by atoms with Crippen molar-refractivity contribution in [1.82, 2.24) is 30.0 Å². The third kappa shape index (κ3) is 3.06. The zero-order chi connectivity index (χ0) is 19.8. The quantitative estimate of drug-likeness (QED) is 0.653. The van der Waals surface area contributed by atoms with Crippen molar-refractivity contribution in [2.45, 2.75) is 19.4 Å². The Hall–Kier alpha value is -3.43. The number of H-pyrrole nitrogens is 1. The number of nitrogens with zero attached hydrogens (tertiary/aromatic N) is 4. The predicted octanol–water partition coefficient (Wildman–Crippen LogP) is 0.00922. The lowest BCUT2D eigenvalue weighted by molar-refractivity contribution is -0.131. The van der Waals surface area contributed by atoms with Crippen molar-refractivity contribution >= 4 is 22.9 Å². The molecule has 2 amide bonds. The second-order valence-corrected chi connectivity index (χ2v) is 6.83. The zero-order valence-corrected chi connectivity index (χ0v) is 15.5. The Bertz CT molecular complexity index is 1100. The lowest BCUT2D eigenvalue weighted by Gasteiger charge is -2.16. The number of aromatic amines is 1. The summed E-state index contributed by atoms with van der Waals surface area (Å²) in [6, 6.07) is 6.94. The van der Waals surface area contributed by atoms with Gasteiger partial charge in [-0.1, -0.05) is 12.1 Å². The summed E-state index contributed by atoms with van der Waals surface area (Å²) in [7, 11) is 1.56. The molecule has 1 aliphatic heterocycles. The lowest BCUT2D eigenvalue weighted by Crippen LogP contribution is -2.36. The number of rotatable bonds is 4. The van der Waals surface area contributed by atoms with Gasteiger partial charge < -0.3 is 14.6 Å². The van der Waals surface area contributed by atoms with Crippen LogP contribution in [0.15, 0.2) is 33.5 Å². The average molecular weight is 384 g/mol. The van der Waals surface area contributed by atoms with Crippen molar-refractivity contribution < 1.29 is 14.0 Å². The van der Waals surface area contributed by atoms with Crippen LogP contribution in [-0.2, 0) is 16.1 Å². The van der Waals surface area contributed by atoms with Crippen LogP contribution in [0.2, 0.25) is 0 Å². The minimum atomic E-state index is -0.585. The second-order valence-electron chi connectivity index (χ2n) is 6.83. The van der Waals surface area contributed by atoms with Gasteiger partial charge in [-0.25, -0.2) is 9.78 Å². The molecular formula is C18H20N6O4. The maximum Gasteiger partial charge on any atom is 0.420 e. The third-order valence-corrected chi connectivity index (χ3v) is 5.07. The molecule has 3 heterocycles. The molecule has 0 bridgehead atoms. The molecule has 0 radical (unpaired) electrons. The highest BCUT2D eigenvalue weighted by Gasteiger charge is 2.42. The van der Waals surface area contributed by atoms with Crippen LogP contribution in [0.25, 0.3) is 11.1 Å². The van der Waals surface area contributed by atoms with Crippen molar-refractivity contribution in [2.75, 3.05) is 20.1 Å². The van der Waals surface area contributed by atoms with Crippen LogP contribution in [0.5, 0.6) is 0 Å². The van der Waals surface area contributed by atoms with Crippen LogP contribution in [0.1, 0.15) is 17.6 Å². The van der Waals surface area contributed by atoms with Gasteiger partial charge in [0.15, 0.2) is 11.4 Å². The van der Waals surface area contributed by atoms with Crippen LogP contribution >= 0.6 is 0 Å². The van der Waals surface area contributed by atoms with E-state index in [0.29, 0.717) is 29.3 Å². The van der Waals surface area contributed by atoms with Gasteiger partial charge in [0.25, 0.3) is 0 Å². The van der Waals surface area contributed by atoms with Gasteiger partial charge in [-0.15, -0.1) is 0 Å². The second kappa shape index (κ2) is 6.95. The number of carbonyl (C=O) groups excluding carboxylic acids is 2. The molecule has 0 spiro atoms. The summed E-state index contributed by atoms with van der Waals surface area (Å²) in [5, 5.41) is 9.58. The normalized spacial score (nSPS) is 19.3. The molecule has 10 nitrogen and oxygen atoms in total. The van der Waals surface area contributed by atoms with Crippen LogP contribution in [0, 0.1) is 12.8 Å². The summed E-state index contributed by atoms with van der Waals surface area (Å²) in [5.74, 6) is -0.642. The van der Waals surface area contributed by atoms with Crippen molar-refractivity contribution in [3.8, 4) is 0 Å². The van der Waals surface area contributed by atoms with Gasteiger partial charge in [-0.2, -0.15) is 5.10 Å². The molecule has 10 heteroatoms. The predicted molar refractivity (Wildman–Crippen MR) is 98.5 cm³/mol. The Morgan fingerprint density at radius 2 is 2.11 bits per heavy atom. The fraction of sp³-hybridized carbons (Fsp3) is 0.389. The van der Waals surface area contributed by atoms with E-state index in [2.05, 4.69) is 20.5 Å². The summed E-state index contributed by atoms with van der Waals surface area (Å²) in [5.41, 5.74) is 0.989. The van der Waals surface area contributed by atoms with Gasteiger partial charge in [0, 0.05) is 20.1 Å². The van der Waals surface area contributed by atoms with Gasteiger partial charge in [-0.3, -0.25) is 19.3 Å². The molecule has 2 aromatic heterocycles. The molecule has 3 aromatic rings. The average Bonchev–Trinajstić information content (AvgIpc) is 3.38. The molecule has 4 rings (SSSR count). The van der Waals surface area contributed by atoms with Gasteiger partial charge in [0.2, 0.25) is 11.8 Å². The van der Waals surface area contributed by atoms with Crippen LogP contribution in [-0.4, -0.2) is 56.6 Å². The fourth-order valence-corrected chi connectivity index (χ4v) is 3.64. The van der Waals surface area contributed by atoms with E-state index in [1.54, 1.807) is 43.1 Å². The number of amides is 2. The Kier molecular flexibility index (Phi) is 4.46. The number of hydrogen-bond donors (Lipinski definition) is 2. The number of benzene rings is 1. The summed E-state index contributed by atoms with van der Waals surface area (Å²) in [6.45, 7) is 2.16. The molecule has 0 aliphatic carbocycles. The molecule has 2 N–H and O–H groups in total. The third-order valence-electron chi connectivity index (χ3n) is 5.07. The number of aromatic nitrogens is 4. The standard InChI is InChI=1S/C18H20N6O4/c1-10-20-16(22-21-10)11-7-23(8-12(11)17(26)19-2)15(25)9-24-13-5-3-4-6-14(13)28-18(24)27/h3-6,11-12H,7-9H2,1-2H3,(H,19,26)(H,20,21,22). The molecule has 2 atom stereocenters. The van der Waals surface area contributed by atoms with Gasteiger partial charge in [0.05, 0.1) is 17.4 Å². The van der Waals surface area contributed by atoms with Crippen molar-refractivity contribution in [2.24, 2.45) is 5.92 Å². The van der Waals surface area contributed by atoms with Crippen LogP contribution in [0.3, 0.4) is 0 Å². The molecule has 1 saturated heterocycles. The molecule has 1 aromatic carbocycles. The Morgan fingerprint density at radius 1 is 1.32 bits per heavy atom. The first kappa shape index (κ1) is 18.0.